The molecule has 1 saturated carbocycles. The minimum absolute atomic E-state index is 0.00806. The first-order valence-corrected chi connectivity index (χ1v) is 9.30. The van der Waals surface area contributed by atoms with Gasteiger partial charge in [0, 0.05) is 5.39 Å². The van der Waals surface area contributed by atoms with E-state index in [-0.39, 0.29) is 5.92 Å². The van der Waals surface area contributed by atoms with Crippen LogP contribution in [0.15, 0.2) is 60.7 Å². The van der Waals surface area contributed by atoms with Crippen LogP contribution >= 0.6 is 0 Å². The number of aromatic nitrogens is 1. The maximum atomic E-state index is 9.56. The Kier molecular flexibility index (Phi) is 4.84. The van der Waals surface area contributed by atoms with Crippen molar-refractivity contribution in [3.8, 4) is 11.8 Å². The number of nitriles is 1. The Morgan fingerprint density at radius 2 is 1.77 bits per heavy atom. The highest BCUT2D eigenvalue weighted by Gasteiger charge is 2.26. The highest BCUT2D eigenvalue weighted by Crippen LogP contribution is 2.37. The summed E-state index contributed by atoms with van der Waals surface area (Å²) in [5.41, 5.74) is 3.00. The van der Waals surface area contributed by atoms with Crippen LogP contribution in [0, 0.1) is 17.2 Å². The summed E-state index contributed by atoms with van der Waals surface area (Å²) in [6, 6.07) is 22.7. The lowest BCUT2D eigenvalue weighted by molar-refractivity contribution is 0.301. The van der Waals surface area contributed by atoms with E-state index in [1.165, 1.54) is 25.7 Å². The third-order valence-electron chi connectivity index (χ3n) is 5.29. The van der Waals surface area contributed by atoms with E-state index in [4.69, 9.17) is 4.74 Å². The van der Waals surface area contributed by atoms with Gasteiger partial charge in [0.2, 0.25) is 0 Å². The molecule has 1 aromatic heterocycles. The van der Waals surface area contributed by atoms with Crippen LogP contribution in [0.2, 0.25) is 0 Å². The van der Waals surface area contributed by atoms with Crippen molar-refractivity contribution in [2.75, 3.05) is 0 Å². The lowest BCUT2D eigenvalue weighted by Crippen LogP contribution is -2.07. The van der Waals surface area contributed by atoms with Crippen LogP contribution < -0.4 is 4.74 Å². The Bertz CT molecular complexity index is 921. The number of para-hydroxylation sites is 1. The van der Waals surface area contributed by atoms with Crippen molar-refractivity contribution in [2.45, 2.75) is 38.2 Å². The molecular formula is C23H22N2O. The molecule has 130 valence electrons. The fourth-order valence-electron chi connectivity index (χ4n) is 3.86. The number of hydrogen-bond acceptors (Lipinski definition) is 3. The molecule has 3 heteroatoms. The first kappa shape index (κ1) is 16.6. The van der Waals surface area contributed by atoms with E-state index in [9.17, 15) is 5.26 Å². The minimum atomic E-state index is 0.00806. The van der Waals surface area contributed by atoms with E-state index in [2.05, 4.69) is 23.2 Å². The second kappa shape index (κ2) is 7.58. The molecule has 4 rings (SSSR count). The van der Waals surface area contributed by atoms with Crippen LogP contribution in [-0.2, 0) is 6.61 Å². The molecular weight excluding hydrogens is 320 g/mol. The predicted molar refractivity (Wildman–Crippen MR) is 103 cm³/mol. The first-order chi connectivity index (χ1) is 12.8. The molecule has 1 fully saturated rings. The maximum Gasteiger partial charge on any atom is 0.130 e. The summed E-state index contributed by atoms with van der Waals surface area (Å²) in [7, 11) is 0. The molecule has 2 aromatic carbocycles. The van der Waals surface area contributed by atoms with Gasteiger partial charge in [-0.05, 0) is 48.6 Å². The molecule has 3 nitrogen and oxygen atoms in total. The number of benzene rings is 2. The molecule has 0 bridgehead atoms. The van der Waals surface area contributed by atoms with Crippen LogP contribution in [-0.4, -0.2) is 4.98 Å². The number of rotatable bonds is 5. The van der Waals surface area contributed by atoms with Gasteiger partial charge in [-0.25, -0.2) is 4.98 Å². The number of hydrogen-bond donors (Lipinski definition) is 0. The second-order valence-corrected chi connectivity index (χ2v) is 7.00. The zero-order valence-electron chi connectivity index (χ0n) is 14.8. The maximum absolute atomic E-state index is 9.56. The Labute approximate surface area is 154 Å². The van der Waals surface area contributed by atoms with Gasteiger partial charge in [0.25, 0.3) is 0 Å². The smallest absolute Gasteiger partial charge is 0.130 e. The molecule has 1 atom stereocenters. The Hall–Kier alpha value is -2.86. The fraction of sp³-hybridized carbons (Fsp3) is 0.304. The molecule has 0 saturated heterocycles. The molecule has 1 heterocycles. The van der Waals surface area contributed by atoms with Crippen LogP contribution in [0.1, 0.15) is 42.9 Å². The van der Waals surface area contributed by atoms with Gasteiger partial charge in [0.15, 0.2) is 0 Å². The van der Waals surface area contributed by atoms with Crippen molar-refractivity contribution >= 4 is 10.9 Å². The van der Waals surface area contributed by atoms with Crippen molar-refractivity contribution in [1.29, 1.82) is 5.26 Å². The average Bonchev–Trinajstić information content (AvgIpc) is 3.22. The van der Waals surface area contributed by atoms with E-state index in [1.807, 2.05) is 48.5 Å². The van der Waals surface area contributed by atoms with Crippen molar-refractivity contribution < 1.29 is 4.74 Å². The highest BCUT2D eigenvalue weighted by molar-refractivity contribution is 5.78. The van der Waals surface area contributed by atoms with Gasteiger partial charge in [-0.2, -0.15) is 5.26 Å². The van der Waals surface area contributed by atoms with Crippen LogP contribution in [0.25, 0.3) is 10.9 Å². The first-order valence-electron chi connectivity index (χ1n) is 9.30. The highest BCUT2D eigenvalue weighted by atomic mass is 16.5. The third-order valence-corrected chi connectivity index (χ3v) is 5.29. The number of ether oxygens (including phenoxy) is 1. The summed E-state index contributed by atoms with van der Waals surface area (Å²) >= 11 is 0. The Balaban J connectivity index is 1.42. The van der Waals surface area contributed by atoms with E-state index >= 15 is 0 Å². The lowest BCUT2D eigenvalue weighted by Gasteiger charge is -2.17. The summed E-state index contributed by atoms with van der Waals surface area (Å²) in [6.45, 7) is 0.439. The average molecular weight is 342 g/mol. The quantitative estimate of drug-likeness (QED) is 0.605. The second-order valence-electron chi connectivity index (χ2n) is 7.00. The molecule has 0 radical (unpaired) electrons. The van der Waals surface area contributed by atoms with Gasteiger partial charge in [-0.3, -0.25) is 0 Å². The van der Waals surface area contributed by atoms with E-state index in [0.717, 1.165) is 27.9 Å². The summed E-state index contributed by atoms with van der Waals surface area (Å²) in [4.78, 5) is 4.63. The van der Waals surface area contributed by atoms with E-state index < -0.39 is 0 Å². The standard InChI is InChI=1S/C23H22N2O/c24-15-22(17-5-1-2-6-17)18-10-13-21(14-11-18)26-16-20-12-9-19-7-3-4-8-23(19)25-20/h3-4,7-14,17,22H,1-2,5-6,16H2. The molecule has 0 amide bonds. The molecule has 1 aliphatic rings. The molecule has 26 heavy (non-hydrogen) atoms. The number of pyridine rings is 1. The molecule has 0 N–H and O–H groups in total. The third kappa shape index (κ3) is 3.55. The van der Waals surface area contributed by atoms with Gasteiger partial charge in [-0.1, -0.05) is 49.2 Å². The topological polar surface area (TPSA) is 45.9 Å². The van der Waals surface area contributed by atoms with Crippen LogP contribution in [0.4, 0.5) is 0 Å². The number of fused-ring (bicyclic) bond motifs is 1. The van der Waals surface area contributed by atoms with Gasteiger partial charge in [-0.15, -0.1) is 0 Å². The summed E-state index contributed by atoms with van der Waals surface area (Å²) in [5.74, 6) is 1.33. The molecule has 0 spiro atoms. The Morgan fingerprint density at radius 1 is 1.00 bits per heavy atom. The monoisotopic (exact) mass is 342 g/mol. The molecule has 0 aliphatic heterocycles. The summed E-state index contributed by atoms with van der Waals surface area (Å²) < 4.78 is 5.89. The van der Waals surface area contributed by atoms with Gasteiger partial charge >= 0.3 is 0 Å². The van der Waals surface area contributed by atoms with E-state index in [0.29, 0.717) is 12.5 Å². The fourth-order valence-corrected chi connectivity index (χ4v) is 3.86. The SMILES string of the molecule is N#CC(c1ccc(OCc2ccc3ccccc3n2)cc1)C1CCCC1. The van der Waals surface area contributed by atoms with Gasteiger partial charge in [0.1, 0.15) is 12.4 Å². The van der Waals surface area contributed by atoms with Gasteiger partial charge in [0.05, 0.1) is 23.2 Å². The molecule has 3 aromatic rings. The van der Waals surface area contributed by atoms with Crippen molar-refractivity contribution in [2.24, 2.45) is 5.92 Å². The predicted octanol–water partition coefficient (Wildman–Crippen LogP) is 5.61. The zero-order valence-corrected chi connectivity index (χ0v) is 14.8. The normalized spacial score (nSPS) is 15.7. The minimum Gasteiger partial charge on any atom is -0.487 e. The van der Waals surface area contributed by atoms with Crippen molar-refractivity contribution in [3.05, 3.63) is 71.9 Å². The lowest BCUT2D eigenvalue weighted by atomic mass is 9.86. The summed E-state index contributed by atoms with van der Waals surface area (Å²) in [5, 5.41) is 10.7. The van der Waals surface area contributed by atoms with Crippen molar-refractivity contribution in [1.82, 2.24) is 4.98 Å². The van der Waals surface area contributed by atoms with E-state index in [1.54, 1.807) is 0 Å². The van der Waals surface area contributed by atoms with Crippen LogP contribution in [0.3, 0.4) is 0 Å². The number of nitrogens with zero attached hydrogens (tertiary/aromatic N) is 2. The molecule has 1 aliphatic carbocycles. The summed E-state index contributed by atoms with van der Waals surface area (Å²) in [6.07, 6.45) is 4.85. The Morgan fingerprint density at radius 3 is 2.54 bits per heavy atom. The van der Waals surface area contributed by atoms with Crippen molar-refractivity contribution in [3.63, 3.8) is 0 Å². The molecule has 1 unspecified atom stereocenters. The zero-order chi connectivity index (χ0) is 17.8. The van der Waals surface area contributed by atoms with Crippen LogP contribution in [0.5, 0.6) is 5.75 Å². The van der Waals surface area contributed by atoms with Gasteiger partial charge < -0.3 is 4.74 Å². The largest absolute Gasteiger partial charge is 0.487 e.